The molecule has 2 aromatic carbocycles. The van der Waals surface area contributed by atoms with Gasteiger partial charge in [-0.15, -0.1) is 0 Å². The normalized spacial score (nSPS) is 17.9. The highest BCUT2D eigenvalue weighted by molar-refractivity contribution is 6.46. The van der Waals surface area contributed by atoms with E-state index in [9.17, 15) is 14.7 Å². The average molecular weight is 478 g/mol. The van der Waals surface area contributed by atoms with Crippen LogP contribution in [0.1, 0.15) is 37.4 Å². The molecule has 1 amide bonds. The van der Waals surface area contributed by atoms with Gasteiger partial charge >= 0.3 is 0 Å². The van der Waals surface area contributed by atoms with Gasteiger partial charge in [-0.25, -0.2) is 0 Å². The minimum absolute atomic E-state index is 0.00794. The van der Waals surface area contributed by atoms with Gasteiger partial charge in [0, 0.05) is 18.7 Å². The van der Waals surface area contributed by atoms with Crippen molar-refractivity contribution in [2.75, 3.05) is 20.3 Å². The average Bonchev–Trinajstić information content (AvgIpc) is 3.02. The van der Waals surface area contributed by atoms with Crippen molar-refractivity contribution < 1.29 is 24.2 Å². The van der Waals surface area contributed by atoms with Crippen LogP contribution < -0.4 is 4.74 Å². The zero-order valence-electron chi connectivity index (χ0n) is 18.1. The van der Waals surface area contributed by atoms with Crippen molar-refractivity contribution >= 4 is 40.7 Å². The van der Waals surface area contributed by atoms with E-state index in [2.05, 4.69) is 0 Å². The number of hydrogen-bond donors (Lipinski definition) is 1. The van der Waals surface area contributed by atoms with E-state index in [0.29, 0.717) is 34.9 Å². The minimum Gasteiger partial charge on any atom is -0.507 e. The predicted octanol–water partition coefficient (Wildman–Crippen LogP) is 5.24. The summed E-state index contributed by atoms with van der Waals surface area (Å²) in [6.07, 6.45) is 0.604. The van der Waals surface area contributed by atoms with Crippen LogP contribution >= 0.6 is 23.2 Å². The molecule has 1 aliphatic heterocycles. The number of hydrogen-bond acceptors (Lipinski definition) is 5. The predicted molar refractivity (Wildman–Crippen MR) is 124 cm³/mol. The number of ether oxygens (including phenoxy) is 2. The van der Waals surface area contributed by atoms with Gasteiger partial charge in [0.1, 0.15) is 11.5 Å². The zero-order valence-corrected chi connectivity index (χ0v) is 19.6. The summed E-state index contributed by atoms with van der Waals surface area (Å²) in [6, 6.07) is 10.8. The first-order valence-electron chi connectivity index (χ1n) is 10.2. The maximum atomic E-state index is 13.0. The smallest absolute Gasteiger partial charge is 0.295 e. The number of aliphatic hydroxyl groups is 1. The molecule has 8 heteroatoms. The van der Waals surface area contributed by atoms with Crippen LogP contribution in [0.4, 0.5) is 0 Å². The molecule has 0 aliphatic carbocycles. The number of carbonyl (C=O) groups excluding carboxylic acids is 2. The van der Waals surface area contributed by atoms with E-state index in [-0.39, 0.29) is 29.0 Å². The summed E-state index contributed by atoms with van der Waals surface area (Å²) in [6.45, 7) is 4.59. The van der Waals surface area contributed by atoms with Gasteiger partial charge in [-0.2, -0.15) is 0 Å². The Kier molecular flexibility index (Phi) is 7.82. The highest BCUT2D eigenvalue weighted by Gasteiger charge is 2.45. The minimum atomic E-state index is -0.779. The molecule has 1 atom stereocenters. The molecule has 3 rings (SSSR count). The second-order valence-electron chi connectivity index (χ2n) is 7.67. The van der Waals surface area contributed by atoms with Gasteiger partial charge in [-0.1, -0.05) is 35.3 Å². The molecule has 0 spiro atoms. The van der Waals surface area contributed by atoms with Crippen LogP contribution in [0.25, 0.3) is 5.76 Å². The Morgan fingerprint density at radius 2 is 1.88 bits per heavy atom. The Bertz CT molecular complexity index is 1050. The van der Waals surface area contributed by atoms with E-state index in [1.807, 2.05) is 13.8 Å². The summed E-state index contributed by atoms with van der Waals surface area (Å²) in [5, 5.41) is 11.6. The van der Waals surface area contributed by atoms with Crippen LogP contribution in [0.15, 0.2) is 48.0 Å². The third kappa shape index (κ3) is 5.09. The number of aliphatic hydroxyl groups excluding tert-OH is 1. The number of rotatable bonds is 8. The van der Waals surface area contributed by atoms with Crippen LogP contribution in [0.5, 0.6) is 5.75 Å². The Morgan fingerprint density at radius 3 is 2.53 bits per heavy atom. The van der Waals surface area contributed by atoms with Gasteiger partial charge < -0.3 is 19.5 Å². The summed E-state index contributed by atoms with van der Waals surface area (Å²) >= 11 is 12.1. The quantitative estimate of drug-likeness (QED) is 0.243. The number of methoxy groups -OCH3 is 1. The van der Waals surface area contributed by atoms with Crippen molar-refractivity contribution in [3.8, 4) is 5.75 Å². The number of ketones is 1. The lowest BCUT2D eigenvalue weighted by Gasteiger charge is -2.25. The standard InChI is InChI=1S/C24H25Cl2NO5/c1-14(2)32-11-5-10-27-21(15-6-4-7-17(12-15)31-3)20(23(29)24(27)30)22(28)16-8-9-18(25)19(26)13-16/h4,6-9,12-14,21,28H,5,10-11H2,1-3H3/b22-20-. The van der Waals surface area contributed by atoms with E-state index in [1.54, 1.807) is 30.3 Å². The van der Waals surface area contributed by atoms with Crippen LogP contribution in [0.2, 0.25) is 10.0 Å². The summed E-state index contributed by atoms with van der Waals surface area (Å²) in [5.74, 6) is -1.17. The highest BCUT2D eigenvalue weighted by Crippen LogP contribution is 2.40. The summed E-state index contributed by atoms with van der Waals surface area (Å²) in [4.78, 5) is 27.4. The van der Waals surface area contributed by atoms with Crippen molar-refractivity contribution in [1.29, 1.82) is 0 Å². The van der Waals surface area contributed by atoms with Crippen molar-refractivity contribution in [2.45, 2.75) is 32.4 Å². The second kappa shape index (κ2) is 10.4. The molecule has 2 aromatic rings. The van der Waals surface area contributed by atoms with Crippen LogP contribution in [0, 0.1) is 0 Å². The molecular formula is C24H25Cl2NO5. The van der Waals surface area contributed by atoms with Gasteiger partial charge in [-0.3, -0.25) is 9.59 Å². The van der Waals surface area contributed by atoms with E-state index in [4.69, 9.17) is 32.7 Å². The topological polar surface area (TPSA) is 76.1 Å². The first-order chi connectivity index (χ1) is 15.2. The number of nitrogens with zero attached hydrogens (tertiary/aromatic N) is 1. The molecule has 6 nitrogen and oxygen atoms in total. The monoisotopic (exact) mass is 477 g/mol. The summed E-state index contributed by atoms with van der Waals surface area (Å²) in [7, 11) is 1.54. The SMILES string of the molecule is COc1cccc(C2/C(=C(/O)c3ccc(Cl)c(Cl)c3)C(=O)C(=O)N2CCCOC(C)C)c1. The van der Waals surface area contributed by atoms with E-state index < -0.39 is 17.7 Å². The van der Waals surface area contributed by atoms with Crippen molar-refractivity contribution in [1.82, 2.24) is 4.90 Å². The fourth-order valence-corrected chi connectivity index (χ4v) is 3.92. The van der Waals surface area contributed by atoms with Crippen molar-refractivity contribution in [3.63, 3.8) is 0 Å². The molecule has 0 bridgehead atoms. The van der Waals surface area contributed by atoms with Crippen LogP contribution in [-0.2, 0) is 14.3 Å². The molecular weight excluding hydrogens is 453 g/mol. The van der Waals surface area contributed by atoms with Gasteiger partial charge in [0.15, 0.2) is 0 Å². The molecule has 1 N–H and O–H groups in total. The number of amides is 1. The Hall–Kier alpha value is -2.54. The van der Waals surface area contributed by atoms with E-state index in [1.165, 1.54) is 24.1 Å². The molecule has 1 unspecified atom stereocenters. The molecule has 170 valence electrons. The first-order valence-corrected chi connectivity index (χ1v) is 11.0. The second-order valence-corrected chi connectivity index (χ2v) is 8.49. The number of halogens is 2. The van der Waals surface area contributed by atoms with Crippen LogP contribution in [-0.4, -0.2) is 48.1 Å². The van der Waals surface area contributed by atoms with Crippen molar-refractivity contribution in [3.05, 3.63) is 69.2 Å². The van der Waals surface area contributed by atoms with Crippen molar-refractivity contribution in [2.24, 2.45) is 0 Å². The fourth-order valence-electron chi connectivity index (χ4n) is 3.62. The molecule has 0 radical (unpaired) electrons. The Balaban J connectivity index is 2.07. The molecule has 1 aliphatic rings. The Labute approximate surface area is 197 Å². The highest BCUT2D eigenvalue weighted by atomic mass is 35.5. The summed E-state index contributed by atoms with van der Waals surface area (Å²) < 4.78 is 10.9. The molecule has 1 heterocycles. The number of carbonyl (C=O) groups is 2. The molecule has 32 heavy (non-hydrogen) atoms. The van der Waals surface area contributed by atoms with E-state index >= 15 is 0 Å². The molecule has 1 saturated heterocycles. The third-order valence-electron chi connectivity index (χ3n) is 5.14. The number of likely N-dealkylation sites (tertiary alicyclic amines) is 1. The van der Waals surface area contributed by atoms with E-state index in [0.717, 1.165) is 0 Å². The maximum Gasteiger partial charge on any atom is 0.295 e. The van der Waals surface area contributed by atoms with Gasteiger partial charge in [0.05, 0.1) is 34.9 Å². The molecule has 1 fully saturated rings. The largest absolute Gasteiger partial charge is 0.507 e. The lowest BCUT2D eigenvalue weighted by Crippen LogP contribution is -2.31. The van der Waals surface area contributed by atoms with Crippen LogP contribution in [0.3, 0.4) is 0 Å². The van der Waals surface area contributed by atoms with Gasteiger partial charge in [0.2, 0.25) is 0 Å². The molecule has 0 saturated carbocycles. The maximum absolute atomic E-state index is 13.0. The first kappa shape index (κ1) is 24.1. The number of benzene rings is 2. The lowest BCUT2D eigenvalue weighted by atomic mass is 9.95. The Morgan fingerprint density at radius 1 is 1.12 bits per heavy atom. The number of Topliss-reactive ketones (excluding diaryl/α,β-unsaturated/α-hetero) is 1. The fraction of sp³-hybridized carbons (Fsp3) is 0.333. The zero-order chi connectivity index (χ0) is 23.4. The summed E-state index contributed by atoms with van der Waals surface area (Å²) in [5.41, 5.74) is 0.940. The lowest BCUT2D eigenvalue weighted by molar-refractivity contribution is -0.140. The molecule has 0 aromatic heterocycles. The van der Waals surface area contributed by atoms with Gasteiger partial charge in [-0.05, 0) is 56.2 Å². The van der Waals surface area contributed by atoms with Gasteiger partial charge in [0.25, 0.3) is 11.7 Å². The third-order valence-corrected chi connectivity index (χ3v) is 5.88.